The maximum atomic E-state index is 10.1. The second-order valence-corrected chi connectivity index (χ2v) is 7.14. The Morgan fingerprint density at radius 3 is 2.39 bits per heavy atom. The van der Waals surface area contributed by atoms with Gasteiger partial charge >= 0.3 is 0 Å². The fourth-order valence-corrected chi connectivity index (χ4v) is 3.00. The van der Waals surface area contributed by atoms with Crippen LogP contribution in [0.1, 0.15) is 11.1 Å². The zero-order valence-corrected chi connectivity index (χ0v) is 17.2. The Morgan fingerprint density at radius 1 is 0.903 bits per heavy atom. The van der Waals surface area contributed by atoms with Crippen molar-refractivity contribution >= 4 is 0 Å². The molecule has 3 aromatic rings. The van der Waals surface area contributed by atoms with Crippen molar-refractivity contribution in [1.29, 1.82) is 0 Å². The van der Waals surface area contributed by atoms with Gasteiger partial charge in [0.25, 0.3) is 0 Å². The van der Waals surface area contributed by atoms with Gasteiger partial charge in [-0.1, -0.05) is 30.3 Å². The molecular weight excluding hydrogens is 396 g/mol. The van der Waals surface area contributed by atoms with E-state index in [2.05, 4.69) is 10.3 Å². The molecule has 1 unspecified atom stereocenters. The molecule has 0 saturated heterocycles. The molecule has 0 aliphatic heterocycles. The van der Waals surface area contributed by atoms with Crippen LogP contribution in [-0.2, 0) is 13.0 Å². The summed E-state index contributed by atoms with van der Waals surface area (Å²) in [6, 6.07) is 20.1. The molecule has 0 fully saturated rings. The van der Waals surface area contributed by atoms with Crippen molar-refractivity contribution in [2.45, 2.75) is 25.2 Å². The lowest BCUT2D eigenvalue weighted by Crippen LogP contribution is -2.41. The zero-order valence-electron chi connectivity index (χ0n) is 17.2. The van der Waals surface area contributed by atoms with E-state index < -0.39 is 6.10 Å². The predicted octanol–water partition coefficient (Wildman–Crippen LogP) is 2.30. The van der Waals surface area contributed by atoms with Gasteiger partial charge in [0.1, 0.15) is 24.2 Å². The average molecular weight is 424 g/mol. The monoisotopic (exact) mass is 424 g/mol. The largest absolute Gasteiger partial charge is 0.491 e. The summed E-state index contributed by atoms with van der Waals surface area (Å²) in [7, 11) is 0. The molecule has 164 valence electrons. The number of nitrogens with zero attached hydrogens (tertiary/aromatic N) is 1. The van der Waals surface area contributed by atoms with E-state index in [-0.39, 0.29) is 25.9 Å². The van der Waals surface area contributed by atoms with E-state index in [0.29, 0.717) is 35.9 Å². The second kappa shape index (κ2) is 12.0. The van der Waals surface area contributed by atoms with Gasteiger partial charge in [0.05, 0.1) is 13.2 Å². The first-order valence-corrected chi connectivity index (χ1v) is 10.2. The summed E-state index contributed by atoms with van der Waals surface area (Å²) in [5.74, 6) is 1.69. The normalized spacial score (nSPS) is 12.9. The summed E-state index contributed by atoms with van der Waals surface area (Å²) in [6.07, 6.45) is 1.51. The predicted molar refractivity (Wildman–Crippen MR) is 117 cm³/mol. The lowest BCUT2D eigenvalue weighted by Gasteiger charge is -2.19. The van der Waals surface area contributed by atoms with Crippen LogP contribution in [0.15, 0.2) is 72.9 Å². The molecule has 0 saturated carbocycles. The fraction of sp³-hybridized carbons (Fsp3) is 0.292. The Bertz CT molecular complexity index is 905. The van der Waals surface area contributed by atoms with Gasteiger partial charge in [-0.2, -0.15) is 0 Å². The Labute approximate surface area is 181 Å². The van der Waals surface area contributed by atoms with Crippen molar-refractivity contribution < 1.29 is 24.8 Å². The summed E-state index contributed by atoms with van der Waals surface area (Å²) >= 11 is 0. The molecule has 0 aliphatic rings. The van der Waals surface area contributed by atoms with Crippen LogP contribution in [0.5, 0.6) is 17.4 Å². The van der Waals surface area contributed by atoms with E-state index in [0.717, 1.165) is 5.56 Å². The van der Waals surface area contributed by atoms with Crippen LogP contribution >= 0.6 is 0 Å². The number of pyridine rings is 1. The summed E-state index contributed by atoms with van der Waals surface area (Å²) < 4.78 is 11.3. The van der Waals surface area contributed by atoms with Crippen molar-refractivity contribution in [3.8, 4) is 17.4 Å². The SMILES string of the molecule is OCc1cccnc1Oc1ccc(C[C@@H](CO)NCC(O)COc2ccccc2)cc1. The molecule has 3 rings (SSSR count). The first-order valence-electron chi connectivity index (χ1n) is 10.2. The van der Waals surface area contributed by atoms with Crippen LogP contribution in [0.4, 0.5) is 0 Å². The smallest absolute Gasteiger partial charge is 0.224 e. The number of hydrogen-bond donors (Lipinski definition) is 4. The highest BCUT2D eigenvalue weighted by molar-refractivity contribution is 5.34. The highest BCUT2D eigenvalue weighted by Gasteiger charge is 2.12. The maximum absolute atomic E-state index is 10.1. The summed E-state index contributed by atoms with van der Waals surface area (Å²) in [5.41, 5.74) is 1.63. The van der Waals surface area contributed by atoms with Crippen molar-refractivity contribution in [2.75, 3.05) is 19.8 Å². The van der Waals surface area contributed by atoms with E-state index in [1.165, 1.54) is 0 Å². The minimum absolute atomic E-state index is 0.0572. The molecule has 1 heterocycles. The second-order valence-electron chi connectivity index (χ2n) is 7.14. The van der Waals surface area contributed by atoms with E-state index in [1.807, 2.05) is 54.6 Å². The Balaban J connectivity index is 1.46. The molecule has 0 amide bonds. The first kappa shape index (κ1) is 22.7. The molecule has 31 heavy (non-hydrogen) atoms. The van der Waals surface area contributed by atoms with E-state index in [9.17, 15) is 15.3 Å². The standard InChI is InChI=1S/C24H28N2O5/c27-15-19-5-4-12-25-24(19)31-23-10-8-18(9-11-23)13-20(16-28)26-14-21(29)17-30-22-6-2-1-3-7-22/h1-12,20-21,26-29H,13-17H2/t20-,21?/m0/s1. The van der Waals surface area contributed by atoms with E-state index in [4.69, 9.17) is 9.47 Å². The number of hydrogen-bond acceptors (Lipinski definition) is 7. The summed E-state index contributed by atoms with van der Waals surface area (Å²) in [6.45, 7) is 0.277. The average Bonchev–Trinajstić information content (AvgIpc) is 2.82. The highest BCUT2D eigenvalue weighted by atomic mass is 16.5. The third kappa shape index (κ3) is 7.34. The van der Waals surface area contributed by atoms with Crippen LogP contribution in [0.25, 0.3) is 0 Å². The highest BCUT2D eigenvalue weighted by Crippen LogP contribution is 2.23. The Morgan fingerprint density at radius 2 is 1.68 bits per heavy atom. The topological polar surface area (TPSA) is 104 Å². The van der Waals surface area contributed by atoms with E-state index in [1.54, 1.807) is 18.3 Å². The summed E-state index contributed by atoms with van der Waals surface area (Å²) in [5, 5.41) is 32.4. The van der Waals surface area contributed by atoms with Crippen LogP contribution in [0.2, 0.25) is 0 Å². The molecular formula is C24H28N2O5. The molecule has 0 radical (unpaired) electrons. The van der Waals surface area contributed by atoms with Gasteiger partial charge in [0.15, 0.2) is 0 Å². The molecule has 0 bridgehead atoms. The van der Waals surface area contributed by atoms with Crippen LogP contribution in [0.3, 0.4) is 0 Å². The van der Waals surface area contributed by atoms with Gasteiger partial charge in [-0.15, -0.1) is 0 Å². The number of aliphatic hydroxyl groups is 3. The Kier molecular flexibility index (Phi) is 8.81. The molecule has 7 heteroatoms. The molecule has 1 aromatic heterocycles. The first-order chi connectivity index (χ1) is 15.2. The van der Waals surface area contributed by atoms with Crippen molar-refractivity contribution in [3.63, 3.8) is 0 Å². The van der Waals surface area contributed by atoms with Crippen molar-refractivity contribution in [2.24, 2.45) is 0 Å². The van der Waals surface area contributed by atoms with Gasteiger partial charge in [0.2, 0.25) is 5.88 Å². The minimum Gasteiger partial charge on any atom is -0.491 e. The lowest BCUT2D eigenvalue weighted by atomic mass is 10.1. The Hall–Kier alpha value is -2.97. The number of nitrogens with one attached hydrogen (secondary N) is 1. The third-order valence-electron chi connectivity index (χ3n) is 4.69. The number of rotatable bonds is 12. The molecule has 7 nitrogen and oxygen atoms in total. The molecule has 4 N–H and O–H groups in total. The van der Waals surface area contributed by atoms with Gasteiger partial charge < -0.3 is 30.1 Å². The number of benzene rings is 2. The fourth-order valence-electron chi connectivity index (χ4n) is 3.00. The minimum atomic E-state index is -0.691. The van der Waals surface area contributed by atoms with Gasteiger partial charge in [-0.25, -0.2) is 4.98 Å². The molecule has 0 spiro atoms. The van der Waals surface area contributed by atoms with E-state index >= 15 is 0 Å². The van der Waals surface area contributed by atoms with Crippen LogP contribution in [0, 0.1) is 0 Å². The summed E-state index contributed by atoms with van der Waals surface area (Å²) in [4.78, 5) is 4.14. The lowest BCUT2D eigenvalue weighted by molar-refractivity contribution is 0.0997. The number of para-hydroxylation sites is 1. The third-order valence-corrected chi connectivity index (χ3v) is 4.69. The maximum Gasteiger partial charge on any atom is 0.224 e. The number of aliphatic hydroxyl groups excluding tert-OH is 3. The number of aromatic nitrogens is 1. The zero-order chi connectivity index (χ0) is 21.9. The van der Waals surface area contributed by atoms with Gasteiger partial charge in [-0.3, -0.25) is 0 Å². The van der Waals surface area contributed by atoms with Crippen molar-refractivity contribution in [1.82, 2.24) is 10.3 Å². The van der Waals surface area contributed by atoms with Gasteiger partial charge in [-0.05, 0) is 48.4 Å². The van der Waals surface area contributed by atoms with Crippen LogP contribution in [-0.4, -0.2) is 52.2 Å². The van der Waals surface area contributed by atoms with Gasteiger partial charge in [0, 0.05) is 24.3 Å². The number of ether oxygens (including phenoxy) is 2. The molecule has 2 atom stereocenters. The molecule has 2 aromatic carbocycles. The molecule has 0 aliphatic carbocycles. The van der Waals surface area contributed by atoms with Crippen LogP contribution < -0.4 is 14.8 Å². The van der Waals surface area contributed by atoms with Crippen molar-refractivity contribution in [3.05, 3.63) is 84.1 Å². The quantitative estimate of drug-likeness (QED) is 0.354.